The molecule has 1 heterocycles. The number of anilines is 2. The Morgan fingerprint density at radius 1 is 1.00 bits per heavy atom. The minimum Gasteiger partial charge on any atom is -0.370 e. The van der Waals surface area contributed by atoms with Crippen LogP contribution in [0.4, 0.5) is 11.6 Å². The Morgan fingerprint density at radius 2 is 1.79 bits per heavy atom. The van der Waals surface area contributed by atoms with Gasteiger partial charge in [-0.1, -0.05) is 35.4 Å². The minimum absolute atomic E-state index is 0.709. The highest BCUT2D eigenvalue weighted by Crippen LogP contribution is 2.20. The molecule has 3 rings (SSSR count). The number of nitrogens with one attached hydrogen (secondary N) is 2. The predicted molar refractivity (Wildman–Crippen MR) is 100 cm³/mol. The van der Waals surface area contributed by atoms with E-state index in [4.69, 9.17) is 11.6 Å². The molecule has 0 amide bonds. The molecule has 0 aliphatic heterocycles. The number of hydrogen-bond donors (Lipinski definition) is 2. The molecule has 2 N–H and O–H groups in total. The van der Waals surface area contributed by atoms with E-state index in [1.54, 1.807) is 11.9 Å². The van der Waals surface area contributed by atoms with Crippen LogP contribution in [0.3, 0.4) is 0 Å². The highest BCUT2D eigenvalue weighted by atomic mass is 35.5. The molecule has 0 atom stereocenters. The molecule has 0 bridgehead atoms. The molecule has 1 aliphatic rings. The fraction of sp³-hybridized carbons (Fsp3) is 0.368. The predicted octanol–water partition coefficient (Wildman–Crippen LogP) is 5.04. The number of hydrogen-bond acceptors (Lipinski definition) is 4. The fourth-order valence-electron chi connectivity index (χ4n) is 2.83. The number of nitrogens with zero attached hydrogens (tertiary/aromatic N) is 2. The number of allylic oxidation sites excluding steroid dienone is 1. The summed E-state index contributed by atoms with van der Waals surface area (Å²) in [6, 6.07) is 9.75. The summed E-state index contributed by atoms with van der Waals surface area (Å²) in [4.78, 5) is 8.56. The highest BCUT2D eigenvalue weighted by Gasteiger charge is 2.04. The van der Waals surface area contributed by atoms with Crippen LogP contribution >= 0.6 is 11.6 Å². The summed E-state index contributed by atoms with van der Waals surface area (Å²) in [6.45, 7) is 1.62. The lowest BCUT2D eigenvalue weighted by Gasteiger charge is -2.13. The van der Waals surface area contributed by atoms with Crippen LogP contribution in [0.2, 0.25) is 5.02 Å². The molecule has 0 saturated heterocycles. The van der Waals surface area contributed by atoms with Gasteiger partial charge in [-0.05, 0) is 49.8 Å². The van der Waals surface area contributed by atoms with Gasteiger partial charge in [0.15, 0.2) is 0 Å². The Hall–Kier alpha value is -2.07. The average molecular weight is 343 g/mol. The van der Waals surface area contributed by atoms with Crippen LogP contribution in [0.5, 0.6) is 0 Å². The second-order valence-corrected chi connectivity index (χ2v) is 6.49. The van der Waals surface area contributed by atoms with Crippen molar-refractivity contribution < 1.29 is 0 Å². The molecule has 5 heteroatoms. The summed E-state index contributed by atoms with van der Waals surface area (Å²) in [7, 11) is 0. The van der Waals surface area contributed by atoms with Gasteiger partial charge >= 0.3 is 0 Å². The lowest BCUT2D eigenvalue weighted by molar-refractivity contribution is 0.679. The van der Waals surface area contributed by atoms with E-state index < -0.39 is 0 Å². The van der Waals surface area contributed by atoms with Gasteiger partial charge in [0.05, 0.1) is 0 Å². The van der Waals surface area contributed by atoms with E-state index in [1.165, 1.54) is 25.7 Å². The van der Waals surface area contributed by atoms with E-state index in [0.717, 1.165) is 35.2 Å². The molecular formula is C19H23ClN4. The standard InChI is InChI=1S/C19H23ClN4/c20-17-8-6-16(7-9-17)13-22-19-12-18(23-14-24-19)21-11-10-15-4-2-1-3-5-15/h4,6-9,12,14H,1-3,5,10-11,13H2,(H2,21,22,23,24). The first-order chi connectivity index (χ1) is 11.8. The van der Waals surface area contributed by atoms with E-state index in [9.17, 15) is 0 Å². The Kier molecular flexibility index (Phi) is 6.07. The quantitative estimate of drug-likeness (QED) is 0.692. The number of halogens is 1. The molecule has 0 fully saturated rings. The molecule has 4 nitrogen and oxygen atoms in total. The Balaban J connectivity index is 1.48. The summed E-state index contributed by atoms with van der Waals surface area (Å²) in [5.41, 5.74) is 2.74. The zero-order valence-electron chi connectivity index (χ0n) is 13.8. The van der Waals surface area contributed by atoms with Crippen LogP contribution in [-0.2, 0) is 6.54 Å². The first-order valence-corrected chi connectivity index (χ1v) is 8.89. The smallest absolute Gasteiger partial charge is 0.131 e. The minimum atomic E-state index is 0.709. The van der Waals surface area contributed by atoms with Crippen LogP contribution < -0.4 is 10.6 Å². The molecule has 2 aromatic rings. The Labute approximate surface area is 148 Å². The van der Waals surface area contributed by atoms with Gasteiger partial charge in [-0.2, -0.15) is 0 Å². The second kappa shape index (κ2) is 8.69. The summed E-state index contributed by atoms with van der Waals surface area (Å²) < 4.78 is 0. The van der Waals surface area contributed by atoms with Gasteiger partial charge in [0, 0.05) is 24.2 Å². The van der Waals surface area contributed by atoms with Crippen molar-refractivity contribution in [3.05, 3.63) is 58.9 Å². The van der Waals surface area contributed by atoms with Crippen molar-refractivity contribution in [2.75, 3.05) is 17.2 Å². The van der Waals surface area contributed by atoms with E-state index in [0.29, 0.717) is 6.54 Å². The number of benzene rings is 1. The van der Waals surface area contributed by atoms with Crippen molar-refractivity contribution in [3.8, 4) is 0 Å². The first kappa shape index (κ1) is 16.8. The zero-order valence-corrected chi connectivity index (χ0v) is 14.5. The van der Waals surface area contributed by atoms with Gasteiger partial charge in [0.2, 0.25) is 0 Å². The number of rotatable bonds is 7. The van der Waals surface area contributed by atoms with Crippen LogP contribution in [-0.4, -0.2) is 16.5 Å². The lowest BCUT2D eigenvalue weighted by Crippen LogP contribution is -2.07. The maximum atomic E-state index is 5.90. The van der Waals surface area contributed by atoms with Gasteiger partial charge in [-0.25, -0.2) is 9.97 Å². The largest absolute Gasteiger partial charge is 0.370 e. The molecule has 1 aromatic heterocycles. The zero-order chi connectivity index (χ0) is 16.6. The van der Waals surface area contributed by atoms with Gasteiger partial charge in [0.1, 0.15) is 18.0 Å². The number of aromatic nitrogens is 2. The van der Waals surface area contributed by atoms with Crippen molar-refractivity contribution in [2.45, 2.75) is 38.6 Å². The molecule has 1 aliphatic carbocycles. The van der Waals surface area contributed by atoms with Crippen molar-refractivity contribution >= 4 is 23.2 Å². The molecule has 0 spiro atoms. The van der Waals surface area contributed by atoms with Crippen LogP contribution in [0.25, 0.3) is 0 Å². The summed E-state index contributed by atoms with van der Waals surface area (Å²) in [5.74, 6) is 1.68. The van der Waals surface area contributed by atoms with E-state index in [1.807, 2.05) is 30.3 Å². The second-order valence-electron chi connectivity index (χ2n) is 6.05. The fourth-order valence-corrected chi connectivity index (χ4v) is 2.95. The normalized spacial score (nSPS) is 14.1. The monoisotopic (exact) mass is 342 g/mol. The lowest BCUT2D eigenvalue weighted by atomic mass is 9.97. The van der Waals surface area contributed by atoms with Gasteiger partial charge in [-0.15, -0.1) is 0 Å². The summed E-state index contributed by atoms with van der Waals surface area (Å²) >= 11 is 5.90. The third-order valence-electron chi connectivity index (χ3n) is 4.19. The molecule has 1 aromatic carbocycles. The van der Waals surface area contributed by atoms with E-state index in [-0.39, 0.29) is 0 Å². The Morgan fingerprint density at radius 3 is 2.54 bits per heavy atom. The Bertz CT molecular complexity index is 682. The van der Waals surface area contributed by atoms with Crippen molar-refractivity contribution in [1.29, 1.82) is 0 Å². The SMILES string of the molecule is Clc1ccc(CNc2cc(NCCC3=CCCCC3)ncn2)cc1. The third-order valence-corrected chi connectivity index (χ3v) is 4.44. The first-order valence-electron chi connectivity index (χ1n) is 8.52. The maximum Gasteiger partial charge on any atom is 0.131 e. The molecular weight excluding hydrogens is 320 g/mol. The van der Waals surface area contributed by atoms with Gasteiger partial charge < -0.3 is 10.6 Å². The summed E-state index contributed by atoms with van der Waals surface area (Å²) in [5, 5.41) is 7.45. The molecule has 0 unspecified atom stereocenters. The maximum absolute atomic E-state index is 5.90. The highest BCUT2D eigenvalue weighted by molar-refractivity contribution is 6.30. The summed E-state index contributed by atoms with van der Waals surface area (Å²) in [6.07, 6.45) is 10.2. The average Bonchev–Trinajstić information content (AvgIpc) is 2.63. The van der Waals surface area contributed by atoms with E-state index in [2.05, 4.69) is 26.7 Å². The van der Waals surface area contributed by atoms with Crippen molar-refractivity contribution in [2.24, 2.45) is 0 Å². The van der Waals surface area contributed by atoms with Crippen LogP contribution in [0, 0.1) is 0 Å². The molecule has 24 heavy (non-hydrogen) atoms. The molecule has 126 valence electrons. The third kappa shape index (κ3) is 5.24. The van der Waals surface area contributed by atoms with Crippen LogP contribution in [0.1, 0.15) is 37.7 Å². The molecule has 0 saturated carbocycles. The van der Waals surface area contributed by atoms with Crippen molar-refractivity contribution in [3.63, 3.8) is 0 Å². The van der Waals surface area contributed by atoms with Crippen molar-refractivity contribution in [1.82, 2.24) is 9.97 Å². The molecule has 0 radical (unpaired) electrons. The van der Waals surface area contributed by atoms with Gasteiger partial charge in [0.25, 0.3) is 0 Å². The van der Waals surface area contributed by atoms with E-state index >= 15 is 0 Å². The van der Waals surface area contributed by atoms with Gasteiger partial charge in [-0.3, -0.25) is 0 Å². The topological polar surface area (TPSA) is 49.8 Å². The van der Waals surface area contributed by atoms with Crippen LogP contribution in [0.15, 0.2) is 48.3 Å².